The molecule has 0 bridgehead atoms. The van der Waals surface area contributed by atoms with E-state index < -0.39 is 10.0 Å². The second-order valence-corrected chi connectivity index (χ2v) is 10.1. The Bertz CT molecular complexity index is 1510. The highest BCUT2D eigenvalue weighted by atomic mass is 32.2. The third-order valence-electron chi connectivity index (χ3n) is 5.60. The number of carbonyl (C=O) groups excluding carboxylic acids is 1. The van der Waals surface area contributed by atoms with E-state index in [0.717, 1.165) is 10.6 Å². The Hall–Kier alpha value is -3.89. The van der Waals surface area contributed by atoms with Crippen molar-refractivity contribution in [2.24, 2.45) is 0 Å². The van der Waals surface area contributed by atoms with Crippen LogP contribution in [-0.4, -0.2) is 45.9 Å². The van der Waals surface area contributed by atoms with Crippen LogP contribution in [0.2, 0.25) is 0 Å². The summed E-state index contributed by atoms with van der Waals surface area (Å²) in [6.45, 7) is 1.26. The Balaban J connectivity index is 1.79. The molecule has 0 saturated heterocycles. The first-order chi connectivity index (χ1) is 17.1. The standard InChI is InChI=1S/C26H25FN2O6S/c1-16-14-21-23(15-22(16)29(12-13-30)36(3,32)33)35-25(24(21)26(31)28-2)17-4-8-19(9-5-17)34-20-10-6-18(27)7-11-20/h4-11,14-15,30H,12-13H2,1-3H3,(H,28,31). The lowest BCUT2D eigenvalue weighted by Crippen LogP contribution is -2.33. The Morgan fingerprint density at radius 2 is 1.69 bits per heavy atom. The Morgan fingerprint density at radius 1 is 1.08 bits per heavy atom. The van der Waals surface area contributed by atoms with Crippen LogP contribution >= 0.6 is 0 Å². The number of ether oxygens (including phenoxy) is 1. The Labute approximate surface area is 208 Å². The average Bonchev–Trinajstić information content (AvgIpc) is 3.21. The van der Waals surface area contributed by atoms with Gasteiger partial charge in [0.1, 0.15) is 28.7 Å². The van der Waals surface area contributed by atoms with Gasteiger partial charge in [-0.2, -0.15) is 0 Å². The summed E-state index contributed by atoms with van der Waals surface area (Å²) in [6, 6.07) is 15.7. The minimum absolute atomic E-state index is 0.115. The van der Waals surface area contributed by atoms with Crippen LogP contribution in [0.15, 0.2) is 65.1 Å². The lowest BCUT2D eigenvalue weighted by molar-refractivity contribution is 0.0964. The zero-order valence-corrected chi connectivity index (χ0v) is 20.7. The maximum Gasteiger partial charge on any atom is 0.255 e. The zero-order chi connectivity index (χ0) is 26.0. The molecule has 1 aromatic heterocycles. The summed E-state index contributed by atoms with van der Waals surface area (Å²) in [5.41, 5.74) is 2.18. The summed E-state index contributed by atoms with van der Waals surface area (Å²) in [4.78, 5) is 12.8. The number of nitrogens with zero attached hydrogens (tertiary/aromatic N) is 1. The van der Waals surface area contributed by atoms with Crippen LogP contribution in [0.25, 0.3) is 22.3 Å². The Morgan fingerprint density at radius 3 is 2.25 bits per heavy atom. The number of fused-ring (bicyclic) bond motifs is 1. The van der Waals surface area contributed by atoms with Gasteiger partial charge in [-0.1, -0.05) is 0 Å². The number of sulfonamides is 1. The van der Waals surface area contributed by atoms with Gasteiger partial charge >= 0.3 is 0 Å². The molecule has 10 heteroatoms. The molecule has 0 aliphatic heterocycles. The predicted octanol–water partition coefficient (Wildman–Crippen LogP) is 4.46. The van der Waals surface area contributed by atoms with Crippen molar-refractivity contribution in [1.29, 1.82) is 0 Å². The van der Waals surface area contributed by atoms with E-state index in [4.69, 9.17) is 9.15 Å². The largest absolute Gasteiger partial charge is 0.457 e. The van der Waals surface area contributed by atoms with E-state index >= 15 is 0 Å². The summed E-state index contributed by atoms with van der Waals surface area (Å²) in [5, 5.41) is 12.5. The van der Waals surface area contributed by atoms with E-state index in [0.29, 0.717) is 50.6 Å². The normalized spacial score (nSPS) is 11.5. The van der Waals surface area contributed by atoms with Gasteiger partial charge in [0.25, 0.3) is 5.91 Å². The molecule has 4 rings (SSSR count). The monoisotopic (exact) mass is 512 g/mol. The quantitative estimate of drug-likeness (QED) is 0.361. The number of carbonyl (C=O) groups is 1. The van der Waals surface area contributed by atoms with Crippen LogP contribution in [0.5, 0.6) is 11.5 Å². The first-order valence-electron chi connectivity index (χ1n) is 11.0. The van der Waals surface area contributed by atoms with Crippen LogP contribution in [0.3, 0.4) is 0 Å². The molecule has 1 heterocycles. The summed E-state index contributed by atoms with van der Waals surface area (Å²) < 4.78 is 50.7. The third-order valence-corrected chi connectivity index (χ3v) is 6.78. The van der Waals surface area contributed by atoms with Crippen molar-refractivity contribution in [3.8, 4) is 22.8 Å². The number of rotatable bonds is 8. The number of anilines is 1. The molecule has 3 aromatic carbocycles. The fourth-order valence-electron chi connectivity index (χ4n) is 3.93. The second kappa shape index (κ2) is 10.00. The number of nitrogens with one attached hydrogen (secondary N) is 1. The number of furan rings is 1. The molecule has 8 nitrogen and oxygen atoms in total. The summed E-state index contributed by atoms with van der Waals surface area (Å²) >= 11 is 0. The number of aliphatic hydroxyl groups excluding tert-OH is 1. The molecule has 0 aliphatic rings. The molecule has 2 N–H and O–H groups in total. The van der Waals surface area contributed by atoms with Crippen LogP contribution in [0.4, 0.5) is 10.1 Å². The molecule has 1 amide bonds. The maximum absolute atomic E-state index is 13.1. The van der Waals surface area contributed by atoms with Gasteiger partial charge in [0.15, 0.2) is 0 Å². The molecular weight excluding hydrogens is 487 g/mol. The molecule has 0 unspecified atom stereocenters. The minimum atomic E-state index is -3.66. The van der Waals surface area contributed by atoms with Gasteiger partial charge in [-0.05, 0) is 67.1 Å². The molecular formula is C26H25FN2O6S. The highest BCUT2D eigenvalue weighted by Crippen LogP contribution is 2.38. The minimum Gasteiger partial charge on any atom is -0.457 e. The molecule has 188 valence electrons. The molecule has 4 aromatic rings. The van der Waals surface area contributed by atoms with Crippen molar-refractivity contribution in [3.05, 3.63) is 77.6 Å². The lowest BCUT2D eigenvalue weighted by atomic mass is 10.0. The highest BCUT2D eigenvalue weighted by molar-refractivity contribution is 7.92. The van der Waals surface area contributed by atoms with Crippen LogP contribution in [-0.2, 0) is 10.0 Å². The van der Waals surface area contributed by atoms with Crippen molar-refractivity contribution in [2.75, 3.05) is 30.8 Å². The number of aryl methyl sites for hydroxylation is 1. The fourth-order valence-corrected chi connectivity index (χ4v) is 4.90. The van der Waals surface area contributed by atoms with Crippen LogP contribution in [0, 0.1) is 12.7 Å². The van der Waals surface area contributed by atoms with Gasteiger partial charge < -0.3 is 19.6 Å². The number of benzene rings is 3. The molecule has 0 fully saturated rings. The van der Waals surface area contributed by atoms with Crippen molar-refractivity contribution in [3.63, 3.8) is 0 Å². The molecule has 0 spiro atoms. The van der Waals surface area contributed by atoms with Gasteiger partial charge in [-0.25, -0.2) is 12.8 Å². The summed E-state index contributed by atoms with van der Waals surface area (Å²) in [5.74, 6) is 0.563. The SMILES string of the molecule is CNC(=O)c1c(-c2ccc(Oc3ccc(F)cc3)cc2)oc2cc(N(CCO)S(C)(=O)=O)c(C)cc12. The highest BCUT2D eigenvalue weighted by Gasteiger charge is 2.25. The fraction of sp³-hybridized carbons (Fsp3) is 0.192. The van der Waals surface area contributed by atoms with Gasteiger partial charge in [0.05, 0.1) is 30.7 Å². The lowest BCUT2D eigenvalue weighted by Gasteiger charge is -2.23. The molecule has 36 heavy (non-hydrogen) atoms. The van der Waals surface area contributed by atoms with Crippen LogP contribution < -0.4 is 14.4 Å². The van der Waals surface area contributed by atoms with Crippen molar-refractivity contribution in [1.82, 2.24) is 5.32 Å². The average molecular weight is 513 g/mol. The zero-order valence-electron chi connectivity index (χ0n) is 19.9. The van der Waals surface area contributed by atoms with Crippen LogP contribution in [0.1, 0.15) is 15.9 Å². The first kappa shape index (κ1) is 25.2. The Kier molecular flexibility index (Phi) is 7.00. The van der Waals surface area contributed by atoms with E-state index in [9.17, 15) is 22.7 Å². The number of halogens is 1. The molecule has 0 atom stereocenters. The molecule has 0 saturated carbocycles. The smallest absolute Gasteiger partial charge is 0.255 e. The van der Waals surface area contributed by atoms with E-state index in [-0.39, 0.29) is 24.9 Å². The predicted molar refractivity (Wildman–Crippen MR) is 136 cm³/mol. The summed E-state index contributed by atoms with van der Waals surface area (Å²) in [6.07, 6.45) is 1.06. The van der Waals surface area contributed by atoms with Gasteiger partial charge in [0, 0.05) is 24.1 Å². The molecule has 0 aliphatic carbocycles. The number of hydrogen-bond acceptors (Lipinski definition) is 6. The van der Waals surface area contributed by atoms with Crippen molar-refractivity contribution < 1.29 is 31.9 Å². The van der Waals surface area contributed by atoms with Gasteiger partial charge in [-0.15, -0.1) is 0 Å². The first-order valence-corrected chi connectivity index (χ1v) is 12.9. The summed E-state index contributed by atoms with van der Waals surface area (Å²) in [7, 11) is -2.15. The van der Waals surface area contributed by atoms with E-state index in [2.05, 4.69) is 5.32 Å². The van der Waals surface area contributed by atoms with Crippen molar-refractivity contribution >= 4 is 32.6 Å². The van der Waals surface area contributed by atoms with E-state index in [1.807, 2.05) is 0 Å². The topological polar surface area (TPSA) is 109 Å². The number of aliphatic hydroxyl groups is 1. The number of amides is 1. The number of hydrogen-bond donors (Lipinski definition) is 2. The van der Waals surface area contributed by atoms with Crippen molar-refractivity contribution in [2.45, 2.75) is 6.92 Å². The van der Waals surface area contributed by atoms with E-state index in [1.165, 1.54) is 31.3 Å². The maximum atomic E-state index is 13.1. The third kappa shape index (κ3) is 5.05. The van der Waals surface area contributed by atoms with E-state index in [1.54, 1.807) is 43.3 Å². The van der Waals surface area contributed by atoms with Gasteiger partial charge in [-0.3, -0.25) is 9.10 Å². The second-order valence-electron chi connectivity index (χ2n) is 8.16. The van der Waals surface area contributed by atoms with Gasteiger partial charge in [0.2, 0.25) is 10.0 Å². The molecule has 0 radical (unpaired) electrons.